The zero-order valence-corrected chi connectivity index (χ0v) is 14.5. The number of nitrogens with two attached hydrogens (primary N) is 1. The molecule has 0 aliphatic rings. The van der Waals surface area contributed by atoms with Gasteiger partial charge in [-0.05, 0) is 36.6 Å². The Kier molecular flexibility index (Phi) is 5.42. The highest BCUT2D eigenvalue weighted by molar-refractivity contribution is 9.10. The summed E-state index contributed by atoms with van der Waals surface area (Å²) in [6.45, 7) is 2.90. The molecule has 0 fully saturated rings. The van der Waals surface area contributed by atoms with Crippen LogP contribution in [0, 0.1) is 0 Å². The molecule has 2 rings (SSSR count). The van der Waals surface area contributed by atoms with Crippen LogP contribution in [-0.4, -0.2) is 22.6 Å². The predicted molar refractivity (Wildman–Crippen MR) is 91.4 cm³/mol. The lowest BCUT2D eigenvalue weighted by atomic mass is 10.0. The molecule has 0 aliphatic heterocycles. The molecule has 2 aromatic rings. The number of nitrogens with zero attached hydrogens (tertiary/aromatic N) is 3. The van der Waals surface area contributed by atoms with Crippen molar-refractivity contribution in [3.8, 4) is 0 Å². The Labute approximate surface area is 135 Å². The lowest BCUT2D eigenvalue weighted by molar-refractivity contribution is 0.644. The van der Waals surface area contributed by atoms with E-state index in [9.17, 15) is 0 Å². The van der Waals surface area contributed by atoms with Crippen LogP contribution in [0.1, 0.15) is 24.7 Å². The molecular formula is C16H23BrN4. The number of imidazole rings is 1. The second-order valence-corrected chi connectivity index (χ2v) is 6.37. The second kappa shape index (κ2) is 7.09. The first-order valence-electron chi connectivity index (χ1n) is 7.22. The van der Waals surface area contributed by atoms with Crippen LogP contribution in [0.4, 0.5) is 5.69 Å². The standard InChI is InChI=1S/C16H23BrN4/c1-4-14(18)10-12-9-13(17)5-6-15(12)21(3)11-16-19-7-8-20(16)2/h5-9,14H,4,10-11,18H2,1-3H3. The Morgan fingerprint density at radius 1 is 1.43 bits per heavy atom. The third-order valence-electron chi connectivity index (χ3n) is 3.76. The minimum Gasteiger partial charge on any atom is -0.367 e. The summed E-state index contributed by atoms with van der Waals surface area (Å²) in [7, 11) is 4.12. The first-order chi connectivity index (χ1) is 10.0. The van der Waals surface area contributed by atoms with Crippen LogP contribution in [0.25, 0.3) is 0 Å². The average Bonchev–Trinajstić information content (AvgIpc) is 2.84. The fraction of sp³-hybridized carbons (Fsp3) is 0.438. The van der Waals surface area contributed by atoms with Crippen LogP contribution in [0.3, 0.4) is 0 Å². The second-order valence-electron chi connectivity index (χ2n) is 5.46. The van der Waals surface area contributed by atoms with Crippen molar-refractivity contribution in [1.82, 2.24) is 9.55 Å². The Morgan fingerprint density at radius 3 is 2.81 bits per heavy atom. The van der Waals surface area contributed by atoms with E-state index < -0.39 is 0 Å². The number of aromatic nitrogens is 2. The molecule has 1 aromatic carbocycles. The summed E-state index contributed by atoms with van der Waals surface area (Å²) in [6.07, 6.45) is 5.67. The van der Waals surface area contributed by atoms with Crippen molar-refractivity contribution in [2.75, 3.05) is 11.9 Å². The summed E-state index contributed by atoms with van der Waals surface area (Å²) in [5.41, 5.74) is 8.62. The first-order valence-corrected chi connectivity index (χ1v) is 8.02. The molecule has 1 aromatic heterocycles. The molecule has 0 aliphatic carbocycles. The third-order valence-corrected chi connectivity index (χ3v) is 4.25. The average molecular weight is 351 g/mol. The van der Waals surface area contributed by atoms with Gasteiger partial charge in [-0.3, -0.25) is 0 Å². The number of aryl methyl sites for hydroxylation is 1. The van der Waals surface area contributed by atoms with Gasteiger partial charge in [0, 0.05) is 42.7 Å². The maximum Gasteiger partial charge on any atom is 0.127 e. The van der Waals surface area contributed by atoms with Gasteiger partial charge in [-0.25, -0.2) is 4.98 Å². The largest absolute Gasteiger partial charge is 0.367 e. The topological polar surface area (TPSA) is 47.1 Å². The van der Waals surface area contributed by atoms with Crippen LogP contribution in [0.2, 0.25) is 0 Å². The Bertz CT molecular complexity index is 594. The predicted octanol–water partition coefficient (Wildman–Crippen LogP) is 3.10. The van der Waals surface area contributed by atoms with Gasteiger partial charge in [0.15, 0.2) is 0 Å². The number of anilines is 1. The van der Waals surface area contributed by atoms with Gasteiger partial charge < -0.3 is 15.2 Å². The first kappa shape index (κ1) is 16.0. The number of hydrogen-bond donors (Lipinski definition) is 1. The minimum absolute atomic E-state index is 0.194. The molecule has 1 heterocycles. The zero-order valence-electron chi connectivity index (χ0n) is 12.9. The number of hydrogen-bond acceptors (Lipinski definition) is 3. The van der Waals surface area contributed by atoms with Gasteiger partial charge in [-0.15, -0.1) is 0 Å². The van der Waals surface area contributed by atoms with E-state index in [4.69, 9.17) is 5.73 Å². The molecule has 0 bridgehead atoms. The zero-order chi connectivity index (χ0) is 15.4. The number of rotatable bonds is 6. The Morgan fingerprint density at radius 2 is 2.19 bits per heavy atom. The Hall–Kier alpha value is -1.33. The minimum atomic E-state index is 0.194. The molecule has 0 spiro atoms. The molecule has 1 unspecified atom stereocenters. The van der Waals surface area contributed by atoms with Gasteiger partial charge in [-0.2, -0.15) is 0 Å². The van der Waals surface area contributed by atoms with E-state index >= 15 is 0 Å². The van der Waals surface area contributed by atoms with Crippen molar-refractivity contribution in [2.24, 2.45) is 12.8 Å². The van der Waals surface area contributed by atoms with E-state index in [2.05, 4.69) is 58.0 Å². The number of benzene rings is 1. The van der Waals surface area contributed by atoms with Crippen molar-refractivity contribution >= 4 is 21.6 Å². The fourth-order valence-corrected chi connectivity index (χ4v) is 2.77. The lowest BCUT2D eigenvalue weighted by Crippen LogP contribution is -2.25. The number of halogens is 1. The van der Waals surface area contributed by atoms with Gasteiger partial charge in [0.05, 0.1) is 6.54 Å². The summed E-state index contributed by atoms with van der Waals surface area (Å²) >= 11 is 3.55. The molecule has 0 saturated heterocycles. The molecule has 4 nitrogen and oxygen atoms in total. The fourth-order valence-electron chi connectivity index (χ4n) is 2.36. The van der Waals surface area contributed by atoms with Gasteiger partial charge in [0.25, 0.3) is 0 Å². The van der Waals surface area contributed by atoms with E-state index in [0.717, 1.165) is 29.7 Å². The van der Waals surface area contributed by atoms with Gasteiger partial charge in [-0.1, -0.05) is 22.9 Å². The van der Waals surface area contributed by atoms with Crippen LogP contribution in [0.5, 0.6) is 0 Å². The summed E-state index contributed by atoms with van der Waals surface area (Å²) < 4.78 is 3.14. The smallest absolute Gasteiger partial charge is 0.127 e. The molecule has 0 saturated carbocycles. The molecule has 5 heteroatoms. The maximum absolute atomic E-state index is 6.13. The molecule has 2 N–H and O–H groups in total. The van der Waals surface area contributed by atoms with E-state index in [0.29, 0.717) is 0 Å². The normalized spacial score (nSPS) is 12.4. The summed E-state index contributed by atoms with van der Waals surface area (Å²) in [5.74, 6) is 1.05. The third kappa shape index (κ3) is 4.08. The SMILES string of the molecule is CCC(N)Cc1cc(Br)ccc1N(C)Cc1nccn1C. The van der Waals surface area contributed by atoms with Crippen molar-refractivity contribution in [3.05, 3.63) is 46.5 Å². The summed E-state index contributed by atoms with van der Waals surface area (Å²) in [5, 5.41) is 0. The van der Waals surface area contributed by atoms with Crippen molar-refractivity contribution < 1.29 is 0 Å². The quantitative estimate of drug-likeness (QED) is 0.870. The van der Waals surface area contributed by atoms with Crippen LogP contribution in [0.15, 0.2) is 35.1 Å². The van der Waals surface area contributed by atoms with E-state index in [-0.39, 0.29) is 6.04 Å². The molecule has 0 radical (unpaired) electrons. The highest BCUT2D eigenvalue weighted by Crippen LogP contribution is 2.26. The van der Waals surface area contributed by atoms with Crippen molar-refractivity contribution in [3.63, 3.8) is 0 Å². The summed E-state index contributed by atoms with van der Waals surface area (Å²) in [6, 6.07) is 6.58. The Balaban J connectivity index is 2.23. The van der Waals surface area contributed by atoms with Gasteiger partial charge >= 0.3 is 0 Å². The molecule has 21 heavy (non-hydrogen) atoms. The van der Waals surface area contributed by atoms with Crippen LogP contribution >= 0.6 is 15.9 Å². The molecule has 114 valence electrons. The lowest BCUT2D eigenvalue weighted by Gasteiger charge is -2.23. The molecule has 0 amide bonds. The van der Waals surface area contributed by atoms with Crippen LogP contribution < -0.4 is 10.6 Å². The monoisotopic (exact) mass is 350 g/mol. The highest BCUT2D eigenvalue weighted by Gasteiger charge is 2.13. The summed E-state index contributed by atoms with van der Waals surface area (Å²) in [4.78, 5) is 6.62. The van der Waals surface area contributed by atoms with Crippen molar-refractivity contribution in [2.45, 2.75) is 32.4 Å². The van der Waals surface area contributed by atoms with Crippen molar-refractivity contribution in [1.29, 1.82) is 0 Å². The van der Waals surface area contributed by atoms with Gasteiger partial charge in [0.2, 0.25) is 0 Å². The van der Waals surface area contributed by atoms with E-state index in [1.54, 1.807) is 0 Å². The molecule has 1 atom stereocenters. The van der Waals surface area contributed by atoms with Gasteiger partial charge in [0.1, 0.15) is 5.82 Å². The van der Waals surface area contributed by atoms with E-state index in [1.165, 1.54) is 11.3 Å². The maximum atomic E-state index is 6.13. The molecular weight excluding hydrogens is 328 g/mol. The van der Waals surface area contributed by atoms with Crippen LogP contribution in [-0.2, 0) is 20.0 Å². The van der Waals surface area contributed by atoms with E-state index in [1.807, 2.05) is 24.0 Å². The highest BCUT2D eigenvalue weighted by atomic mass is 79.9.